The van der Waals surface area contributed by atoms with Crippen molar-refractivity contribution >= 4 is 11.9 Å². The molecule has 1 heterocycles. The average Bonchev–Trinajstić information content (AvgIpc) is 3.43. The summed E-state index contributed by atoms with van der Waals surface area (Å²) in [6.45, 7) is 5.76. The van der Waals surface area contributed by atoms with Crippen LogP contribution in [0.2, 0.25) is 0 Å². The molecule has 0 bridgehead atoms. The molecule has 8 unspecified atom stereocenters. The SMILES string of the molecule is CCCCC/C=C\C/C=C\C/C=C\CCCCCC(O)C(=O)NC(COC1OC(CO)C(O)C(O)C1OC(=O)CCCCCCCCCCCCCCCCCCCCCCC)C(O)/C=C/CCCCCCCCCCC. The van der Waals surface area contributed by atoms with Crippen molar-refractivity contribution in [2.75, 3.05) is 13.2 Å². The first-order valence-corrected chi connectivity index (χ1v) is 32.4. The zero-order valence-corrected chi connectivity index (χ0v) is 49.8. The topological polar surface area (TPSA) is 175 Å². The molecule has 1 aliphatic heterocycles. The largest absolute Gasteiger partial charge is 0.454 e. The van der Waals surface area contributed by atoms with Gasteiger partial charge in [-0.1, -0.05) is 275 Å². The third kappa shape index (κ3) is 42.2. The lowest BCUT2D eigenvalue weighted by Crippen LogP contribution is -2.61. The van der Waals surface area contributed by atoms with Gasteiger partial charge in [0.2, 0.25) is 5.91 Å². The summed E-state index contributed by atoms with van der Waals surface area (Å²) in [6.07, 6.45) is 55.8. The molecule has 1 aliphatic rings. The van der Waals surface area contributed by atoms with E-state index in [0.29, 0.717) is 12.8 Å². The molecule has 1 fully saturated rings. The van der Waals surface area contributed by atoms with Crippen LogP contribution in [0.1, 0.15) is 297 Å². The van der Waals surface area contributed by atoms with Crippen molar-refractivity contribution in [3.63, 3.8) is 0 Å². The lowest BCUT2D eigenvalue weighted by molar-refractivity contribution is -0.305. The normalized spacial score (nSPS) is 19.3. The molecule has 8 atom stereocenters. The number of aliphatic hydroxyl groups is 5. The zero-order chi connectivity index (χ0) is 56.1. The van der Waals surface area contributed by atoms with Crippen LogP contribution in [0.25, 0.3) is 0 Å². The number of aliphatic hydroxyl groups excluding tert-OH is 5. The highest BCUT2D eigenvalue weighted by atomic mass is 16.7. The summed E-state index contributed by atoms with van der Waals surface area (Å²) < 4.78 is 17.6. The van der Waals surface area contributed by atoms with Gasteiger partial charge in [0, 0.05) is 6.42 Å². The molecular formula is C66H121NO10. The maximum atomic E-state index is 13.4. The predicted octanol–water partition coefficient (Wildman–Crippen LogP) is 15.6. The smallest absolute Gasteiger partial charge is 0.306 e. The highest BCUT2D eigenvalue weighted by Gasteiger charge is 2.47. The van der Waals surface area contributed by atoms with Crippen LogP contribution in [-0.4, -0.2) is 99.6 Å². The Hall–Kier alpha value is -2.38. The molecule has 77 heavy (non-hydrogen) atoms. The van der Waals surface area contributed by atoms with E-state index >= 15 is 0 Å². The number of carbonyl (C=O) groups excluding carboxylic acids is 2. The van der Waals surface area contributed by atoms with E-state index in [1.807, 2.05) is 6.08 Å². The highest BCUT2D eigenvalue weighted by molar-refractivity contribution is 5.80. The molecule has 1 amide bonds. The lowest BCUT2D eigenvalue weighted by atomic mass is 9.99. The summed E-state index contributed by atoms with van der Waals surface area (Å²) in [5.74, 6) is -1.21. The summed E-state index contributed by atoms with van der Waals surface area (Å²) in [7, 11) is 0. The van der Waals surface area contributed by atoms with Gasteiger partial charge in [0.05, 0.1) is 25.4 Å². The Labute approximate surface area is 472 Å². The minimum absolute atomic E-state index is 0.124. The third-order valence-corrected chi connectivity index (χ3v) is 15.2. The molecule has 0 saturated carbocycles. The van der Waals surface area contributed by atoms with Gasteiger partial charge >= 0.3 is 5.97 Å². The summed E-state index contributed by atoms with van der Waals surface area (Å²) in [6, 6.07) is -1.03. The van der Waals surface area contributed by atoms with E-state index in [-0.39, 0.29) is 19.4 Å². The van der Waals surface area contributed by atoms with Gasteiger partial charge < -0.3 is 45.1 Å². The van der Waals surface area contributed by atoms with Crippen LogP contribution >= 0.6 is 0 Å². The Morgan fingerprint density at radius 1 is 0.506 bits per heavy atom. The molecule has 1 saturated heterocycles. The van der Waals surface area contributed by atoms with Crippen LogP contribution in [0.3, 0.4) is 0 Å². The Kier molecular flexibility index (Phi) is 51.1. The summed E-state index contributed by atoms with van der Waals surface area (Å²) >= 11 is 0. The van der Waals surface area contributed by atoms with Gasteiger partial charge in [-0.3, -0.25) is 9.59 Å². The number of hydrogen-bond donors (Lipinski definition) is 6. The number of nitrogens with one attached hydrogen (secondary N) is 1. The van der Waals surface area contributed by atoms with Crippen LogP contribution in [-0.2, 0) is 23.8 Å². The van der Waals surface area contributed by atoms with Gasteiger partial charge in [0.25, 0.3) is 0 Å². The summed E-state index contributed by atoms with van der Waals surface area (Å²) in [5, 5.41) is 57.0. The van der Waals surface area contributed by atoms with Crippen LogP contribution < -0.4 is 5.32 Å². The molecule has 11 nitrogen and oxygen atoms in total. The maximum absolute atomic E-state index is 13.4. The molecule has 11 heteroatoms. The number of allylic oxidation sites excluding steroid dienone is 7. The minimum Gasteiger partial charge on any atom is -0.454 e. The Bertz CT molecular complexity index is 1440. The molecule has 0 aromatic rings. The van der Waals surface area contributed by atoms with Crippen LogP contribution in [0, 0.1) is 0 Å². The van der Waals surface area contributed by atoms with Crippen LogP contribution in [0.5, 0.6) is 0 Å². The van der Waals surface area contributed by atoms with Crippen molar-refractivity contribution in [1.29, 1.82) is 0 Å². The van der Waals surface area contributed by atoms with E-state index in [1.165, 1.54) is 173 Å². The predicted molar refractivity (Wildman–Crippen MR) is 320 cm³/mol. The van der Waals surface area contributed by atoms with Crippen molar-refractivity contribution in [3.05, 3.63) is 48.6 Å². The lowest BCUT2D eigenvalue weighted by Gasteiger charge is -2.41. The Morgan fingerprint density at radius 2 is 0.896 bits per heavy atom. The monoisotopic (exact) mass is 1090 g/mol. The summed E-state index contributed by atoms with van der Waals surface area (Å²) in [5.41, 5.74) is 0. The van der Waals surface area contributed by atoms with E-state index in [1.54, 1.807) is 6.08 Å². The van der Waals surface area contributed by atoms with Crippen molar-refractivity contribution in [3.8, 4) is 0 Å². The molecule has 6 N–H and O–H groups in total. The molecule has 0 aromatic heterocycles. The van der Waals surface area contributed by atoms with Gasteiger partial charge in [-0.05, 0) is 64.2 Å². The van der Waals surface area contributed by atoms with Gasteiger partial charge in [0.15, 0.2) is 12.4 Å². The second-order valence-corrected chi connectivity index (χ2v) is 22.5. The fraction of sp³-hybridized carbons (Fsp3) is 0.848. The van der Waals surface area contributed by atoms with Crippen molar-refractivity contribution in [2.45, 2.75) is 346 Å². The molecule has 1 rings (SSSR count). The van der Waals surface area contributed by atoms with Gasteiger partial charge in [-0.25, -0.2) is 0 Å². The number of carbonyl (C=O) groups is 2. The fourth-order valence-electron chi connectivity index (χ4n) is 10.1. The summed E-state index contributed by atoms with van der Waals surface area (Å²) in [4.78, 5) is 26.6. The van der Waals surface area contributed by atoms with Gasteiger partial charge in [0.1, 0.15) is 24.4 Å². The van der Waals surface area contributed by atoms with E-state index in [9.17, 15) is 35.1 Å². The standard InChI is InChI=1S/C66H121NO10/c1-4-7-10-13-16-19-22-24-26-28-29-30-31-32-34-36-39-42-45-48-51-54-61(71)77-64-63(73)62(72)60(55-68)76-66(64)75-56-57(58(69)52-49-46-43-40-37-21-18-15-12-9-6-3)67-65(74)59(70)53-50-47-44-41-38-35-33-27-25-23-20-17-14-11-8-5-2/h17,20,25,27,35,38,49,52,57-60,62-64,66,68-70,72-73H,4-16,18-19,21-24,26,28-34,36-37,39-48,50-51,53-56H2,1-3H3,(H,67,74)/b20-17-,27-25-,38-35-,52-49+. The molecular weight excluding hydrogens is 967 g/mol. The van der Waals surface area contributed by atoms with Crippen molar-refractivity contribution in [2.24, 2.45) is 0 Å². The zero-order valence-electron chi connectivity index (χ0n) is 49.8. The Balaban J connectivity index is 2.63. The molecule has 0 radical (unpaired) electrons. The van der Waals surface area contributed by atoms with Crippen LogP contribution in [0.15, 0.2) is 48.6 Å². The van der Waals surface area contributed by atoms with Gasteiger partial charge in [-0.2, -0.15) is 0 Å². The van der Waals surface area contributed by atoms with Crippen molar-refractivity contribution in [1.82, 2.24) is 5.32 Å². The second kappa shape index (κ2) is 54.2. The first kappa shape index (κ1) is 72.6. The maximum Gasteiger partial charge on any atom is 0.306 e. The third-order valence-electron chi connectivity index (χ3n) is 15.2. The van der Waals surface area contributed by atoms with E-state index in [2.05, 4.69) is 62.5 Å². The number of ether oxygens (including phenoxy) is 3. The first-order valence-electron chi connectivity index (χ1n) is 32.4. The average molecular weight is 1090 g/mol. The first-order chi connectivity index (χ1) is 37.7. The van der Waals surface area contributed by atoms with Gasteiger partial charge in [-0.15, -0.1) is 0 Å². The number of hydrogen-bond acceptors (Lipinski definition) is 10. The van der Waals surface area contributed by atoms with E-state index in [0.717, 1.165) is 77.0 Å². The second-order valence-electron chi connectivity index (χ2n) is 22.5. The van der Waals surface area contributed by atoms with Crippen molar-refractivity contribution < 1.29 is 49.3 Å². The number of unbranched alkanes of at least 4 members (excludes halogenated alkanes) is 35. The number of amides is 1. The highest BCUT2D eigenvalue weighted by Crippen LogP contribution is 2.26. The van der Waals surface area contributed by atoms with E-state index in [4.69, 9.17) is 14.2 Å². The molecule has 0 aliphatic carbocycles. The fourth-order valence-corrected chi connectivity index (χ4v) is 10.1. The number of rotatable bonds is 55. The molecule has 0 aromatic carbocycles. The molecule has 450 valence electrons. The quantitative estimate of drug-likeness (QED) is 0.0195. The molecule has 0 spiro atoms. The number of esters is 1. The Morgan fingerprint density at radius 3 is 1.36 bits per heavy atom. The van der Waals surface area contributed by atoms with E-state index < -0.39 is 67.4 Å². The minimum atomic E-state index is -1.62. The van der Waals surface area contributed by atoms with Crippen LogP contribution in [0.4, 0.5) is 0 Å².